The Morgan fingerprint density at radius 3 is 2.95 bits per heavy atom. The van der Waals surface area contributed by atoms with Gasteiger partial charge in [-0.2, -0.15) is 11.8 Å². The fourth-order valence-corrected chi connectivity index (χ4v) is 4.81. The zero-order chi connectivity index (χ0) is 14.8. The summed E-state index contributed by atoms with van der Waals surface area (Å²) in [5.74, 6) is 2.36. The lowest BCUT2D eigenvalue weighted by Gasteiger charge is -2.20. The largest absolute Gasteiger partial charge is 0.508 e. The summed E-state index contributed by atoms with van der Waals surface area (Å²) >= 11 is 3.54. The van der Waals surface area contributed by atoms with Crippen molar-refractivity contribution in [2.24, 2.45) is 0 Å². The van der Waals surface area contributed by atoms with Crippen molar-refractivity contribution in [2.45, 2.75) is 19.1 Å². The van der Waals surface area contributed by atoms with Crippen LogP contribution in [0.3, 0.4) is 0 Å². The van der Waals surface area contributed by atoms with Crippen molar-refractivity contribution < 1.29 is 9.90 Å². The number of hydrogen-bond donors (Lipinski definition) is 1. The van der Waals surface area contributed by atoms with E-state index in [2.05, 4.69) is 0 Å². The highest BCUT2D eigenvalue weighted by atomic mass is 32.2. The van der Waals surface area contributed by atoms with Crippen LogP contribution in [-0.2, 0) is 12.2 Å². The number of thioether (sulfide) groups is 1. The molecular weight excluding hydrogens is 302 g/mol. The number of fused-ring (bicyclic) bond motifs is 1. The normalized spacial score (nSPS) is 13.8. The molecule has 5 heteroatoms. The predicted molar refractivity (Wildman–Crippen MR) is 89.6 cm³/mol. The van der Waals surface area contributed by atoms with E-state index in [4.69, 9.17) is 0 Å². The molecule has 0 atom stereocenters. The van der Waals surface area contributed by atoms with Gasteiger partial charge < -0.3 is 10.0 Å². The Morgan fingerprint density at radius 1 is 1.38 bits per heavy atom. The fourth-order valence-electron chi connectivity index (χ4n) is 2.49. The first-order valence-corrected chi connectivity index (χ1v) is 8.96. The smallest absolute Gasteiger partial charge is 0.268 e. The second-order valence-electron chi connectivity index (χ2n) is 4.93. The van der Waals surface area contributed by atoms with Gasteiger partial charge in [0.15, 0.2) is 0 Å². The van der Waals surface area contributed by atoms with Crippen LogP contribution in [0.4, 0.5) is 5.69 Å². The summed E-state index contributed by atoms with van der Waals surface area (Å²) in [5.41, 5.74) is 2.05. The van der Waals surface area contributed by atoms with Crippen molar-refractivity contribution in [3.05, 3.63) is 45.6 Å². The number of aryl methyl sites for hydroxylation is 1. The molecule has 3 rings (SSSR count). The molecule has 1 aromatic carbocycles. The van der Waals surface area contributed by atoms with Crippen LogP contribution in [0.15, 0.2) is 30.3 Å². The molecule has 1 N–H and O–H groups in total. The second kappa shape index (κ2) is 6.12. The second-order valence-corrected chi connectivity index (χ2v) is 7.17. The van der Waals surface area contributed by atoms with E-state index < -0.39 is 0 Å². The van der Waals surface area contributed by atoms with Gasteiger partial charge in [0.05, 0.1) is 4.88 Å². The van der Waals surface area contributed by atoms with Crippen LogP contribution in [0.5, 0.6) is 5.75 Å². The molecule has 1 aliphatic rings. The third kappa shape index (κ3) is 2.94. The van der Waals surface area contributed by atoms with E-state index in [1.165, 1.54) is 10.4 Å². The Morgan fingerprint density at radius 2 is 2.24 bits per heavy atom. The van der Waals surface area contributed by atoms with E-state index in [0.717, 1.165) is 28.5 Å². The van der Waals surface area contributed by atoms with Crippen LogP contribution in [0.2, 0.25) is 0 Å². The first-order valence-electron chi connectivity index (χ1n) is 6.99. The average molecular weight is 319 g/mol. The summed E-state index contributed by atoms with van der Waals surface area (Å²) in [6.45, 7) is 2.53. The number of carbonyl (C=O) groups excluding carboxylic acids is 1. The van der Waals surface area contributed by atoms with E-state index >= 15 is 0 Å². The lowest BCUT2D eigenvalue weighted by atomic mass is 10.2. The summed E-state index contributed by atoms with van der Waals surface area (Å²) in [6.07, 6.45) is 1.07. The number of nitrogens with zero attached hydrogens (tertiary/aromatic N) is 1. The van der Waals surface area contributed by atoms with E-state index in [9.17, 15) is 9.90 Å². The Balaban J connectivity index is 1.90. The van der Waals surface area contributed by atoms with Crippen molar-refractivity contribution in [3.8, 4) is 5.75 Å². The van der Waals surface area contributed by atoms with Crippen LogP contribution in [0.1, 0.15) is 27.0 Å². The molecule has 1 aromatic heterocycles. The molecule has 0 aliphatic carbocycles. The number of amides is 1. The van der Waals surface area contributed by atoms with Gasteiger partial charge in [0, 0.05) is 28.9 Å². The van der Waals surface area contributed by atoms with Crippen LogP contribution >= 0.6 is 23.1 Å². The van der Waals surface area contributed by atoms with E-state index in [1.54, 1.807) is 34.4 Å². The van der Waals surface area contributed by atoms with Gasteiger partial charge in [-0.3, -0.25) is 4.79 Å². The number of benzene rings is 1. The topological polar surface area (TPSA) is 40.5 Å². The molecule has 21 heavy (non-hydrogen) atoms. The third-order valence-electron chi connectivity index (χ3n) is 3.54. The molecule has 0 fully saturated rings. The van der Waals surface area contributed by atoms with Crippen molar-refractivity contribution in [1.82, 2.24) is 0 Å². The van der Waals surface area contributed by atoms with Gasteiger partial charge in [0.1, 0.15) is 5.75 Å². The maximum atomic E-state index is 12.8. The Labute approximate surface area is 132 Å². The molecule has 0 saturated heterocycles. The number of anilines is 1. The maximum absolute atomic E-state index is 12.8. The first-order chi connectivity index (χ1) is 10.2. The highest BCUT2D eigenvalue weighted by Crippen LogP contribution is 2.33. The summed E-state index contributed by atoms with van der Waals surface area (Å²) in [5, 5.41) is 9.60. The zero-order valence-electron chi connectivity index (χ0n) is 11.8. The minimum Gasteiger partial charge on any atom is -0.508 e. The number of aromatic hydroxyl groups is 1. The number of phenolic OH excluding ortho intramolecular Hbond substituents is 1. The third-order valence-corrected chi connectivity index (χ3v) is 5.77. The predicted octanol–water partition coefficient (Wildman–Crippen LogP) is 3.91. The van der Waals surface area contributed by atoms with Crippen LogP contribution in [0.25, 0.3) is 0 Å². The molecule has 0 saturated carbocycles. The van der Waals surface area contributed by atoms with Gasteiger partial charge in [-0.25, -0.2) is 0 Å². The number of thiophene rings is 1. The molecule has 1 aliphatic heterocycles. The fraction of sp³-hybridized carbons (Fsp3) is 0.312. The number of hydrogen-bond acceptors (Lipinski definition) is 4. The standard InChI is InChI=1S/C16H17NO2S2/c1-2-17(12-4-3-5-13(18)9-12)16(19)15-8-11-10-20-7-6-14(11)21-15/h3-5,8-9,18H,2,6-7,10H2,1H3. The monoisotopic (exact) mass is 319 g/mol. The Bertz CT molecular complexity index is 643. The van der Waals surface area contributed by atoms with Gasteiger partial charge in [-0.1, -0.05) is 6.07 Å². The molecule has 0 bridgehead atoms. The lowest BCUT2D eigenvalue weighted by Crippen LogP contribution is -2.29. The Kier molecular flexibility index (Phi) is 4.22. The van der Waals surface area contributed by atoms with Gasteiger partial charge in [0.2, 0.25) is 0 Å². The summed E-state index contributed by atoms with van der Waals surface area (Å²) < 4.78 is 0. The summed E-state index contributed by atoms with van der Waals surface area (Å²) in [6, 6.07) is 8.90. The molecule has 0 spiro atoms. The molecule has 2 heterocycles. The van der Waals surface area contributed by atoms with Crippen molar-refractivity contribution in [1.29, 1.82) is 0 Å². The first kappa shape index (κ1) is 14.5. The van der Waals surface area contributed by atoms with E-state index in [1.807, 2.05) is 30.8 Å². The van der Waals surface area contributed by atoms with Crippen LogP contribution in [0, 0.1) is 0 Å². The molecule has 3 nitrogen and oxygen atoms in total. The molecule has 0 unspecified atom stereocenters. The minimum absolute atomic E-state index is 0.0208. The van der Waals surface area contributed by atoms with Crippen LogP contribution < -0.4 is 4.90 Å². The van der Waals surface area contributed by atoms with Gasteiger partial charge in [-0.15, -0.1) is 11.3 Å². The minimum atomic E-state index is 0.0208. The highest BCUT2D eigenvalue weighted by molar-refractivity contribution is 7.98. The highest BCUT2D eigenvalue weighted by Gasteiger charge is 2.22. The van der Waals surface area contributed by atoms with E-state index in [-0.39, 0.29) is 11.7 Å². The number of phenols is 1. The van der Waals surface area contributed by atoms with Gasteiger partial charge >= 0.3 is 0 Å². The van der Waals surface area contributed by atoms with Crippen molar-refractivity contribution >= 4 is 34.7 Å². The van der Waals surface area contributed by atoms with E-state index in [0.29, 0.717) is 6.54 Å². The number of rotatable bonds is 3. The SMILES string of the molecule is CCN(C(=O)c1cc2c(s1)CCSC2)c1cccc(O)c1. The summed E-state index contributed by atoms with van der Waals surface area (Å²) in [7, 11) is 0. The van der Waals surface area contributed by atoms with Gasteiger partial charge in [-0.05, 0) is 42.9 Å². The average Bonchev–Trinajstić information content (AvgIpc) is 2.92. The molecule has 2 aromatic rings. The zero-order valence-corrected chi connectivity index (χ0v) is 13.5. The number of carbonyl (C=O) groups is 1. The lowest BCUT2D eigenvalue weighted by molar-refractivity contribution is 0.0992. The van der Waals surface area contributed by atoms with Crippen molar-refractivity contribution in [3.63, 3.8) is 0 Å². The maximum Gasteiger partial charge on any atom is 0.268 e. The van der Waals surface area contributed by atoms with Crippen LogP contribution in [-0.4, -0.2) is 23.3 Å². The van der Waals surface area contributed by atoms with Gasteiger partial charge in [0.25, 0.3) is 5.91 Å². The molecule has 0 radical (unpaired) electrons. The molecule has 1 amide bonds. The molecular formula is C16H17NO2S2. The molecule has 110 valence electrons. The van der Waals surface area contributed by atoms with Crippen molar-refractivity contribution in [2.75, 3.05) is 17.2 Å². The quantitative estimate of drug-likeness (QED) is 0.932. The summed E-state index contributed by atoms with van der Waals surface area (Å²) in [4.78, 5) is 16.6. The Hall–Kier alpha value is -1.46.